The van der Waals surface area contributed by atoms with Gasteiger partial charge in [-0.3, -0.25) is 0 Å². The first kappa shape index (κ1) is 7.98. The van der Waals surface area contributed by atoms with Crippen molar-refractivity contribution in [3.8, 4) is 0 Å². The Bertz CT molecular complexity index is 110. The summed E-state index contributed by atoms with van der Waals surface area (Å²) in [5.41, 5.74) is -0.579. The van der Waals surface area contributed by atoms with Gasteiger partial charge in [-0.25, -0.2) is 0 Å². The SMILES string of the molecule is CC(C)OCC1(O)CNC1. The third-order valence-corrected chi connectivity index (χ3v) is 1.59. The number of nitrogens with one attached hydrogen (secondary N) is 1. The van der Waals surface area contributed by atoms with E-state index in [0.717, 1.165) is 0 Å². The van der Waals surface area contributed by atoms with Crippen molar-refractivity contribution in [1.82, 2.24) is 5.32 Å². The minimum Gasteiger partial charge on any atom is -0.385 e. The first-order valence-corrected chi connectivity index (χ1v) is 3.67. The van der Waals surface area contributed by atoms with Gasteiger partial charge in [-0.15, -0.1) is 0 Å². The molecule has 0 aliphatic carbocycles. The smallest absolute Gasteiger partial charge is 0.113 e. The molecule has 0 bridgehead atoms. The molecule has 0 spiro atoms. The molecule has 0 aromatic carbocycles. The summed E-state index contributed by atoms with van der Waals surface area (Å²) < 4.78 is 5.26. The molecule has 0 radical (unpaired) electrons. The van der Waals surface area contributed by atoms with E-state index in [1.807, 2.05) is 13.8 Å². The van der Waals surface area contributed by atoms with Crippen molar-refractivity contribution in [3.63, 3.8) is 0 Å². The first-order chi connectivity index (χ1) is 4.62. The lowest BCUT2D eigenvalue weighted by Crippen LogP contribution is -2.62. The minimum absolute atomic E-state index is 0.213. The average Bonchev–Trinajstić information content (AvgIpc) is 1.79. The summed E-state index contributed by atoms with van der Waals surface area (Å²) in [6.07, 6.45) is 0.213. The maximum atomic E-state index is 9.47. The molecular formula is C7H15NO2. The molecule has 0 unspecified atom stereocenters. The summed E-state index contributed by atoms with van der Waals surface area (Å²) in [7, 11) is 0. The lowest BCUT2D eigenvalue weighted by Gasteiger charge is -2.37. The quantitative estimate of drug-likeness (QED) is 0.575. The Hall–Kier alpha value is -0.120. The molecular weight excluding hydrogens is 130 g/mol. The number of rotatable bonds is 3. The average molecular weight is 145 g/mol. The van der Waals surface area contributed by atoms with Gasteiger partial charge in [-0.2, -0.15) is 0 Å². The van der Waals surface area contributed by atoms with E-state index in [2.05, 4.69) is 5.32 Å². The van der Waals surface area contributed by atoms with Crippen LogP contribution in [0.25, 0.3) is 0 Å². The van der Waals surface area contributed by atoms with Crippen LogP contribution in [-0.4, -0.2) is 36.5 Å². The van der Waals surface area contributed by atoms with Crippen LogP contribution in [0.2, 0.25) is 0 Å². The second kappa shape index (κ2) is 2.86. The molecule has 0 aromatic rings. The van der Waals surface area contributed by atoms with Gasteiger partial charge in [-0.05, 0) is 13.8 Å². The fourth-order valence-corrected chi connectivity index (χ4v) is 0.837. The summed E-state index contributed by atoms with van der Waals surface area (Å²) in [5, 5.41) is 12.5. The highest BCUT2D eigenvalue weighted by Crippen LogP contribution is 2.11. The van der Waals surface area contributed by atoms with E-state index >= 15 is 0 Å². The van der Waals surface area contributed by atoms with Gasteiger partial charge >= 0.3 is 0 Å². The monoisotopic (exact) mass is 145 g/mol. The third-order valence-electron chi connectivity index (χ3n) is 1.59. The largest absolute Gasteiger partial charge is 0.385 e. The molecule has 1 heterocycles. The third kappa shape index (κ3) is 1.94. The Morgan fingerprint density at radius 1 is 1.60 bits per heavy atom. The Morgan fingerprint density at radius 2 is 2.20 bits per heavy atom. The Morgan fingerprint density at radius 3 is 2.50 bits per heavy atom. The molecule has 0 saturated carbocycles. The molecule has 3 nitrogen and oxygen atoms in total. The van der Waals surface area contributed by atoms with Gasteiger partial charge in [0.2, 0.25) is 0 Å². The Kier molecular flexibility index (Phi) is 2.28. The van der Waals surface area contributed by atoms with Gasteiger partial charge in [0, 0.05) is 13.1 Å². The standard InChI is InChI=1S/C7H15NO2/c1-6(2)10-5-7(9)3-8-4-7/h6,8-9H,3-5H2,1-2H3. The molecule has 3 heteroatoms. The zero-order valence-corrected chi connectivity index (χ0v) is 6.55. The molecule has 1 saturated heterocycles. The number of ether oxygens (including phenoxy) is 1. The highest BCUT2D eigenvalue weighted by atomic mass is 16.5. The van der Waals surface area contributed by atoms with Gasteiger partial charge in [0.05, 0.1) is 12.7 Å². The lowest BCUT2D eigenvalue weighted by molar-refractivity contribution is -0.0920. The van der Waals surface area contributed by atoms with Gasteiger partial charge in [0.25, 0.3) is 0 Å². The predicted octanol–water partition coefficient (Wildman–Crippen LogP) is -0.254. The number of hydrogen-bond donors (Lipinski definition) is 2. The van der Waals surface area contributed by atoms with Crippen molar-refractivity contribution >= 4 is 0 Å². The second-order valence-electron chi connectivity index (χ2n) is 3.19. The summed E-state index contributed by atoms with van der Waals surface area (Å²) in [4.78, 5) is 0. The van der Waals surface area contributed by atoms with Crippen molar-refractivity contribution < 1.29 is 9.84 Å². The number of β-amino-alcohol motifs (C(OH)–C–C–N with tert-alkyl or cyclic N) is 1. The maximum absolute atomic E-state index is 9.47. The molecule has 60 valence electrons. The molecule has 1 aliphatic rings. The van der Waals surface area contributed by atoms with Crippen LogP contribution in [0.1, 0.15) is 13.8 Å². The fraction of sp³-hybridized carbons (Fsp3) is 1.00. The van der Waals surface area contributed by atoms with E-state index in [4.69, 9.17) is 4.74 Å². The molecule has 0 amide bonds. The van der Waals surface area contributed by atoms with Crippen LogP contribution in [0.15, 0.2) is 0 Å². The van der Waals surface area contributed by atoms with E-state index in [1.165, 1.54) is 0 Å². The minimum atomic E-state index is -0.579. The predicted molar refractivity (Wildman–Crippen MR) is 38.9 cm³/mol. The second-order valence-corrected chi connectivity index (χ2v) is 3.19. The van der Waals surface area contributed by atoms with Crippen LogP contribution < -0.4 is 5.32 Å². The van der Waals surface area contributed by atoms with Crippen LogP contribution in [0.4, 0.5) is 0 Å². The topological polar surface area (TPSA) is 41.5 Å². The molecule has 2 N–H and O–H groups in total. The number of hydrogen-bond acceptors (Lipinski definition) is 3. The lowest BCUT2D eigenvalue weighted by atomic mass is 9.99. The highest BCUT2D eigenvalue weighted by molar-refractivity contribution is 4.92. The van der Waals surface area contributed by atoms with E-state index in [0.29, 0.717) is 19.7 Å². The normalized spacial score (nSPS) is 22.8. The van der Waals surface area contributed by atoms with Crippen LogP contribution in [0.3, 0.4) is 0 Å². The van der Waals surface area contributed by atoms with Crippen LogP contribution in [-0.2, 0) is 4.74 Å². The van der Waals surface area contributed by atoms with Gasteiger partial charge in [0.1, 0.15) is 5.60 Å². The van der Waals surface area contributed by atoms with E-state index in [-0.39, 0.29) is 6.10 Å². The maximum Gasteiger partial charge on any atom is 0.113 e. The van der Waals surface area contributed by atoms with Crippen molar-refractivity contribution in [2.75, 3.05) is 19.7 Å². The number of aliphatic hydroxyl groups is 1. The molecule has 1 aliphatic heterocycles. The van der Waals surface area contributed by atoms with E-state index in [1.54, 1.807) is 0 Å². The van der Waals surface area contributed by atoms with Gasteiger partial charge in [0.15, 0.2) is 0 Å². The van der Waals surface area contributed by atoms with Crippen molar-refractivity contribution in [1.29, 1.82) is 0 Å². The fourth-order valence-electron chi connectivity index (χ4n) is 0.837. The van der Waals surface area contributed by atoms with Crippen molar-refractivity contribution in [3.05, 3.63) is 0 Å². The van der Waals surface area contributed by atoms with Gasteiger partial charge in [-0.1, -0.05) is 0 Å². The summed E-state index contributed by atoms with van der Waals surface area (Å²) in [5.74, 6) is 0. The van der Waals surface area contributed by atoms with E-state index in [9.17, 15) is 5.11 Å². The Balaban J connectivity index is 2.12. The van der Waals surface area contributed by atoms with Crippen LogP contribution >= 0.6 is 0 Å². The summed E-state index contributed by atoms with van der Waals surface area (Å²) in [6.45, 7) is 5.72. The first-order valence-electron chi connectivity index (χ1n) is 3.67. The van der Waals surface area contributed by atoms with Crippen LogP contribution in [0, 0.1) is 0 Å². The van der Waals surface area contributed by atoms with Crippen molar-refractivity contribution in [2.24, 2.45) is 0 Å². The molecule has 1 rings (SSSR count). The molecule has 0 aromatic heterocycles. The summed E-state index contributed by atoms with van der Waals surface area (Å²) in [6, 6.07) is 0. The van der Waals surface area contributed by atoms with Crippen molar-refractivity contribution in [2.45, 2.75) is 25.6 Å². The Labute approximate surface area is 61.4 Å². The zero-order chi connectivity index (χ0) is 7.61. The summed E-state index contributed by atoms with van der Waals surface area (Å²) >= 11 is 0. The van der Waals surface area contributed by atoms with Gasteiger partial charge < -0.3 is 15.2 Å². The zero-order valence-electron chi connectivity index (χ0n) is 6.55. The molecule has 10 heavy (non-hydrogen) atoms. The molecule has 1 fully saturated rings. The van der Waals surface area contributed by atoms with E-state index < -0.39 is 5.60 Å². The van der Waals surface area contributed by atoms with Crippen LogP contribution in [0.5, 0.6) is 0 Å². The highest BCUT2D eigenvalue weighted by Gasteiger charge is 2.34. The molecule has 0 atom stereocenters.